The summed E-state index contributed by atoms with van der Waals surface area (Å²) in [6, 6.07) is 4.30. The van der Waals surface area contributed by atoms with Crippen LogP contribution in [0.1, 0.15) is 62.2 Å². The summed E-state index contributed by atoms with van der Waals surface area (Å²) in [6.07, 6.45) is 7.17. The van der Waals surface area contributed by atoms with Crippen molar-refractivity contribution < 1.29 is 14.7 Å². The van der Waals surface area contributed by atoms with Crippen LogP contribution in [0.25, 0.3) is 0 Å². The molecule has 0 spiro atoms. The van der Waals surface area contributed by atoms with Gasteiger partial charge in [-0.2, -0.15) is 0 Å². The first-order valence-electron chi connectivity index (χ1n) is 7.72. The summed E-state index contributed by atoms with van der Waals surface area (Å²) in [5.74, 6) is 4.15. The molecule has 1 aromatic carbocycles. The Balaban J connectivity index is 2.43. The van der Waals surface area contributed by atoms with Crippen LogP contribution in [0.15, 0.2) is 18.2 Å². The van der Waals surface area contributed by atoms with Crippen molar-refractivity contribution >= 4 is 17.5 Å². The lowest BCUT2D eigenvalue weighted by Crippen LogP contribution is -2.30. The van der Waals surface area contributed by atoms with Gasteiger partial charge in [0.05, 0.1) is 5.56 Å². The molecule has 2 amide bonds. The zero-order chi connectivity index (χ0) is 16.4. The van der Waals surface area contributed by atoms with E-state index in [0.29, 0.717) is 12.1 Å². The van der Waals surface area contributed by atoms with E-state index in [1.807, 2.05) is 5.43 Å². The molecule has 22 heavy (non-hydrogen) atoms. The van der Waals surface area contributed by atoms with Crippen molar-refractivity contribution in [3.05, 3.63) is 23.8 Å². The van der Waals surface area contributed by atoms with Crippen LogP contribution in [0.3, 0.4) is 0 Å². The molecular weight excluding hydrogens is 282 g/mol. The highest BCUT2D eigenvalue weighted by atomic mass is 16.3. The van der Waals surface area contributed by atoms with Crippen molar-refractivity contribution in [3.8, 4) is 5.75 Å². The minimum Gasteiger partial charge on any atom is -0.507 e. The second kappa shape index (κ2) is 9.78. The molecule has 0 aliphatic heterocycles. The first kappa shape index (κ1) is 18.0. The second-order valence-corrected chi connectivity index (χ2v) is 5.27. The summed E-state index contributed by atoms with van der Waals surface area (Å²) in [5, 5.41) is 12.3. The molecule has 5 N–H and O–H groups in total. The van der Waals surface area contributed by atoms with Crippen molar-refractivity contribution in [3.63, 3.8) is 0 Å². The molecule has 122 valence electrons. The van der Waals surface area contributed by atoms with E-state index < -0.39 is 5.91 Å². The highest BCUT2D eigenvalue weighted by Crippen LogP contribution is 2.21. The third-order valence-corrected chi connectivity index (χ3v) is 3.41. The number of hydrogen-bond donors (Lipinski definition) is 4. The van der Waals surface area contributed by atoms with Crippen LogP contribution in [0.5, 0.6) is 5.75 Å². The lowest BCUT2D eigenvalue weighted by atomic mass is 10.1. The van der Waals surface area contributed by atoms with Crippen molar-refractivity contribution in [2.75, 3.05) is 5.32 Å². The monoisotopic (exact) mass is 307 g/mol. The lowest BCUT2D eigenvalue weighted by Gasteiger charge is -2.08. The molecule has 0 bridgehead atoms. The van der Waals surface area contributed by atoms with E-state index in [9.17, 15) is 14.7 Å². The highest BCUT2D eigenvalue weighted by Gasteiger charge is 2.11. The summed E-state index contributed by atoms with van der Waals surface area (Å²) in [6.45, 7) is 2.17. The molecule has 0 unspecified atom stereocenters. The summed E-state index contributed by atoms with van der Waals surface area (Å²) < 4.78 is 0. The van der Waals surface area contributed by atoms with Gasteiger partial charge >= 0.3 is 0 Å². The predicted molar refractivity (Wildman–Crippen MR) is 86.4 cm³/mol. The Morgan fingerprint density at radius 3 is 2.50 bits per heavy atom. The first-order valence-corrected chi connectivity index (χ1v) is 7.72. The van der Waals surface area contributed by atoms with Crippen LogP contribution in [0.4, 0.5) is 5.69 Å². The van der Waals surface area contributed by atoms with Crippen molar-refractivity contribution in [2.24, 2.45) is 5.84 Å². The third-order valence-electron chi connectivity index (χ3n) is 3.41. The van der Waals surface area contributed by atoms with Crippen molar-refractivity contribution in [1.82, 2.24) is 5.43 Å². The number of rotatable bonds is 9. The van der Waals surface area contributed by atoms with Gasteiger partial charge in [-0.3, -0.25) is 15.0 Å². The number of phenols is 1. The molecular formula is C16H25N3O3. The fraction of sp³-hybridized carbons (Fsp3) is 0.500. The fourth-order valence-electron chi connectivity index (χ4n) is 2.16. The standard InChI is InChI=1S/C16H25N3O3/c1-2-3-4-5-6-7-8-15(21)18-12-9-10-14(20)13(11-12)16(22)19-17/h9-11,20H,2-8,17H2,1H3,(H,18,21)(H,19,22). The van der Waals surface area contributed by atoms with Crippen LogP contribution >= 0.6 is 0 Å². The smallest absolute Gasteiger partial charge is 0.269 e. The van der Waals surface area contributed by atoms with Gasteiger partial charge in [-0.25, -0.2) is 5.84 Å². The summed E-state index contributed by atoms with van der Waals surface area (Å²) in [4.78, 5) is 23.3. The van der Waals surface area contributed by atoms with E-state index in [1.54, 1.807) is 6.07 Å². The topological polar surface area (TPSA) is 104 Å². The molecule has 0 aliphatic carbocycles. The number of aromatic hydroxyl groups is 1. The maximum Gasteiger partial charge on any atom is 0.269 e. The molecule has 0 saturated heterocycles. The van der Waals surface area contributed by atoms with E-state index in [1.165, 1.54) is 31.4 Å². The first-order chi connectivity index (χ1) is 10.6. The van der Waals surface area contributed by atoms with E-state index in [-0.39, 0.29) is 17.2 Å². The highest BCUT2D eigenvalue weighted by molar-refractivity contribution is 5.99. The molecule has 0 saturated carbocycles. The Morgan fingerprint density at radius 1 is 1.14 bits per heavy atom. The number of nitrogen functional groups attached to an aromatic ring is 1. The number of hydrogen-bond acceptors (Lipinski definition) is 4. The Kier molecular flexibility index (Phi) is 7.99. The number of hydrazine groups is 1. The van der Waals surface area contributed by atoms with Crippen LogP contribution in [0, 0.1) is 0 Å². The van der Waals surface area contributed by atoms with Crippen LogP contribution < -0.4 is 16.6 Å². The van der Waals surface area contributed by atoms with Crippen molar-refractivity contribution in [2.45, 2.75) is 51.9 Å². The van der Waals surface area contributed by atoms with Gasteiger partial charge in [0.1, 0.15) is 5.75 Å². The van der Waals surface area contributed by atoms with Crippen LogP contribution in [-0.4, -0.2) is 16.9 Å². The zero-order valence-corrected chi connectivity index (χ0v) is 13.0. The summed E-state index contributed by atoms with van der Waals surface area (Å²) in [7, 11) is 0. The SMILES string of the molecule is CCCCCCCCC(=O)Nc1ccc(O)c(C(=O)NN)c1. The van der Waals surface area contributed by atoms with Gasteiger partial charge < -0.3 is 10.4 Å². The Morgan fingerprint density at radius 2 is 1.82 bits per heavy atom. The van der Waals surface area contributed by atoms with Gasteiger partial charge in [-0.05, 0) is 24.6 Å². The van der Waals surface area contributed by atoms with Crippen LogP contribution in [-0.2, 0) is 4.79 Å². The van der Waals surface area contributed by atoms with E-state index >= 15 is 0 Å². The minimum absolute atomic E-state index is 0.0277. The Hall–Kier alpha value is -2.08. The number of anilines is 1. The number of carbonyl (C=O) groups excluding carboxylic acids is 2. The number of phenolic OH excluding ortho intramolecular Hbond substituents is 1. The van der Waals surface area contributed by atoms with Gasteiger partial charge in [-0.15, -0.1) is 0 Å². The average Bonchev–Trinajstić information content (AvgIpc) is 2.52. The summed E-state index contributed by atoms with van der Waals surface area (Å²) >= 11 is 0. The van der Waals surface area contributed by atoms with Gasteiger partial charge in [-0.1, -0.05) is 39.0 Å². The second-order valence-electron chi connectivity index (χ2n) is 5.27. The predicted octanol–water partition coefficient (Wildman–Crippen LogP) is 2.68. The summed E-state index contributed by atoms with van der Waals surface area (Å²) in [5.41, 5.74) is 2.44. The molecule has 0 heterocycles. The average molecular weight is 307 g/mol. The van der Waals surface area contributed by atoms with Gasteiger partial charge in [0, 0.05) is 12.1 Å². The lowest BCUT2D eigenvalue weighted by molar-refractivity contribution is -0.116. The molecule has 6 heteroatoms. The van der Waals surface area contributed by atoms with E-state index in [2.05, 4.69) is 12.2 Å². The maximum absolute atomic E-state index is 11.8. The quantitative estimate of drug-likeness (QED) is 0.185. The van der Waals surface area contributed by atoms with Crippen LogP contribution in [0.2, 0.25) is 0 Å². The van der Waals surface area contributed by atoms with Gasteiger partial charge in [0.2, 0.25) is 5.91 Å². The van der Waals surface area contributed by atoms with Crippen molar-refractivity contribution in [1.29, 1.82) is 0 Å². The zero-order valence-electron chi connectivity index (χ0n) is 13.0. The number of carbonyl (C=O) groups is 2. The molecule has 0 aromatic heterocycles. The number of benzene rings is 1. The fourth-order valence-corrected chi connectivity index (χ4v) is 2.16. The molecule has 0 radical (unpaired) electrons. The molecule has 6 nitrogen and oxygen atoms in total. The number of nitrogens with one attached hydrogen (secondary N) is 2. The Bertz CT molecular complexity index is 503. The van der Waals surface area contributed by atoms with Gasteiger partial charge in [0.25, 0.3) is 5.91 Å². The largest absolute Gasteiger partial charge is 0.507 e. The molecule has 0 atom stereocenters. The maximum atomic E-state index is 11.8. The van der Waals surface area contributed by atoms with Gasteiger partial charge in [0.15, 0.2) is 0 Å². The number of unbranched alkanes of at least 4 members (excludes halogenated alkanes) is 5. The number of nitrogens with two attached hydrogens (primary N) is 1. The number of amides is 2. The minimum atomic E-state index is -0.607. The molecule has 1 aromatic rings. The Labute approximate surface area is 131 Å². The molecule has 1 rings (SSSR count). The van der Waals surface area contributed by atoms with E-state index in [4.69, 9.17) is 5.84 Å². The molecule has 0 aliphatic rings. The normalized spacial score (nSPS) is 10.3. The van der Waals surface area contributed by atoms with E-state index in [0.717, 1.165) is 19.3 Å². The molecule has 0 fully saturated rings. The third kappa shape index (κ3) is 6.13.